The number of methoxy groups -OCH3 is 1. The van der Waals surface area contributed by atoms with Crippen LogP contribution in [0.1, 0.15) is 13.8 Å². The summed E-state index contributed by atoms with van der Waals surface area (Å²) in [4.78, 5) is 25.7. The lowest BCUT2D eigenvalue weighted by atomic mass is 10.2. The van der Waals surface area contributed by atoms with Crippen molar-refractivity contribution in [2.24, 2.45) is 0 Å². The Morgan fingerprint density at radius 1 is 1.26 bits per heavy atom. The van der Waals surface area contributed by atoms with Gasteiger partial charge in [-0.25, -0.2) is 4.39 Å². The summed E-state index contributed by atoms with van der Waals surface area (Å²) >= 11 is 0. The van der Waals surface area contributed by atoms with Crippen molar-refractivity contribution < 1.29 is 18.7 Å². The van der Waals surface area contributed by atoms with Gasteiger partial charge < -0.3 is 20.3 Å². The van der Waals surface area contributed by atoms with Gasteiger partial charge in [-0.2, -0.15) is 0 Å². The summed E-state index contributed by atoms with van der Waals surface area (Å²) in [6.07, 6.45) is 0. The molecule has 0 spiro atoms. The molecule has 0 saturated heterocycles. The molecule has 0 aliphatic carbocycles. The van der Waals surface area contributed by atoms with Crippen molar-refractivity contribution in [1.82, 2.24) is 10.2 Å². The number of hydrogen-bond acceptors (Lipinski definition) is 4. The molecule has 0 atom stereocenters. The first-order chi connectivity index (χ1) is 10.9. The Bertz CT molecular complexity index is 506. The molecule has 0 heterocycles. The van der Waals surface area contributed by atoms with Crippen LogP contribution in [-0.4, -0.2) is 56.1 Å². The topological polar surface area (TPSA) is 70.7 Å². The Hall–Kier alpha value is -1.99. The minimum Gasteiger partial charge on any atom is -0.383 e. The van der Waals surface area contributed by atoms with E-state index in [1.54, 1.807) is 7.11 Å². The van der Waals surface area contributed by atoms with Crippen molar-refractivity contribution in [2.45, 2.75) is 19.9 Å². The monoisotopic (exact) mass is 325 g/mol. The first kappa shape index (κ1) is 19.1. The lowest BCUT2D eigenvalue weighted by molar-refractivity contribution is -0.135. The van der Waals surface area contributed by atoms with Gasteiger partial charge >= 0.3 is 0 Å². The predicted octanol–water partition coefficient (Wildman–Crippen LogP) is 1.24. The maximum atomic E-state index is 12.8. The van der Waals surface area contributed by atoms with Crippen molar-refractivity contribution >= 4 is 17.5 Å². The van der Waals surface area contributed by atoms with Gasteiger partial charge in [0.25, 0.3) is 0 Å². The van der Waals surface area contributed by atoms with E-state index >= 15 is 0 Å². The zero-order valence-corrected chi connectivity index (χ0v) is 13.8. The highest BCUT2D eigenvalue weighted by Crippen LogP contribution is 2.08. The molecule has 0 unspecified atom stereocenters. The number of carbonyl (C=O) groups excluding carboxylic acids is 2. The fraction of sp³-hybridized carbons (Fsp3) is 0.500. The largest absolute Gasteiger partial charge is 0.383 e. The van der Waals surface area contributed by atoms with E-state index in [1.807, 2.05) is 13.8 Å². The molecule has 1 aromatic carbocycles. The molecular formula is C16H24FN3O3. The Morgan fingerprint density at radius 2 is 1.91 bits per heavy atom. The Labute approximate surface area is 136 Å². The van der Waals surface area contributed by atoms with E-state index < -0.39 is 0 Å². The van der Waals surface area contributed by atoms with Crippen LogP contribution in [0.15, 0.2) is 24.3 Å². The number of benzene rings is 1. The Balaban J connectivity index is 2.52. The first-order valence-electron chi connectivity index (χ1n) is 7.48. The highest BCUT2D eigenvalue weighted by molar-refractivity contribution is 5.94. The van der Waals surface area contributed by atoms with Crippen molar-refractivity contribution in [3.63, 3.8) is 0 Å². The fourth-order valence-corrected chi connectivity index (χ4v) is 1.92. The summed E-state index contributed by atoms with van der Waals surface area (Å²) in [6, 6.07) is 5.37. The van der Waals surface area contributed by atoms with E-state index in [4.69, 9.17) is 4.74 Å². The van der Waals surface area contributed by atoms with Gasteiger partial charge in [0.1, 0.15) is 12.4 Å². The second-order valence-electron chi connectivity index (χ2n) is 5.34. The van der Waals surface area contributed by atoms with E-state index in [9.17, 15) is 14.0 Å². The molecule has 23 heavy (non-hydrogen) atoms. The van der Waals surface area contributed by atoms with Crippen LogP contribution in [0.3, 0.4) is 0 Å². The zero-order chi connectivity index (χ0) is 17.2. The standard InChI is InChI=1S/C16H24FN3O3/c1-12(2)20(16(22)10-18-8-9-23-3)11-15(21)19-14-6-4-13(17)5-7-14/h4-7,12,18H,8-11H2,1-3H3,(H,19,21). The van der Waals surface area contributed by atoms with E-state index in [-0.39, 0.29) is 36.8 Å². The van der Waals surface area contributed by atoms with Gasteiger partial charge in [0.2, 0.25) is 11.8 Å². The molecule has 1 rings (SSSR count). The molecular weight excluding hydrogens is 301 g/mol. The van der Waals surface area contributed by atoms with Crippen LogP contribution in [0.25, 0.3) is 0 Å². The minimum absolute atomic E-state index is 0.0557. The summed E-state index contributed by atoms with van der Waals surface area (Å²) < 4.78 is 17.7. The molecule has 0 aliphatic rings. The molecule has 7 heteroatoms. The van der Waals surface area contributed by atoms with Crippen LogP contribution in [0.2, 0.25) is 0 Å². The number of hydrogen-bond donors (Lipinski definition) is 2. The Morgan fingerprint density at radius 3 is 2.48 bits per heavy atom. The van der Waals surface area contributed by atoms with Crippen molar-refractivity contribution in [3.8, 4) is 0 Å². The number of ether oxygens (including phenoxy) is 1. The van der Waals surface area contributed by atoms with Crippen LogP contribution in [0, 0.1) is 5.82 Å². The summed E-state index contributed by atoms with van der Waals surface area (Å²) in [6.45, 7) is 4.86. The number of anilines is 1. The van der Waals surface area contributed by atoms with Gasteiger partial charge in [0.05, 0.1) is 13.2 Å². The number of amides is 2. The number of nitrogens with one attached hydrogen (secondary N) is 2. The highest BCUT2D eigenvalue weighted by Gasteiger charge is 2.19. The smallest absolute Gasteiger partial charge is 0.244 e. The summed E-state index contributed by atoms with van der Waals surface area (Å²) in [5, 5.41) is 5.61. The lowest BCUT2D eigenvalue weighted by Crippen LogP contribution is -2.46. The van der Waals surface area contributed by atoms with Crippen LogP contribution in [0.5, 0.6) is 0 Å². The maximum Gasteiger partial charge on any atom is 0.244 e. The number of rotatable bonds is 9. The first-order valence-corrected chi connectivity index (χ1v) is 7.48. The molecule has 0 aromatic heterocycles. The average Bonchev–Trinajstić information content (AvgIpc) is 2.51. The van der Waals surface area contributed by atoms with Gasteiger partial charge in [-0.15, -0.1) is 0 Å². The molecule has 0 saturated carbocycles. The van der Waals surface area contributed by atoms with E-state index in [2.05, 4.69) is 10.6 Å². The second-order valence-corrected chi connectivity index (χ2v) is 5.34. The predicted molar refractivity (Wildman–Crippen MR) is 86.6 cm³/mol. The molecule has 2 amide bonds. The second kappa shape index (κ2) is 9.91. The van der Waals surface area contributed by atoms with E-state index in [1.165, 1.54) is 29.2 Å². The van der Waals surface area contributed by atoms with E-state index in [0.717, 1.165) is 0 Å². The third kappa shape index (κ3) is 7.21. The van der Waals surface area contributed by atoms with E-state index in [0.29, 0.717) is 18.8 Å². The molecule has 0 bridgehead atoms. The molecule has 128 valence electrons. The third-order valence-corrected chi connectivity index (χ3v) is 3.14. The fourth-order valence-electron chi connectivity index (χ4n) is 1.92. The van der Waals surface area contributed by atoms with Gasteiger partial charge in [-0.1, -0.05) is 0 Å². The molecule has 6 nitrogen and oxygen atoms in total. The molecule has 2 N–H and O–H groups in total. The van der Waals surface area contributed by atoms with Gasteiger partial charge in [-0.05, 0) is 38.1 Å². The average molecular weight is 325 g/mol. The summed E-state index contributed by atoms with van der Waals surface area (Å²) in [7, 11) is 1.59. The highest BCUT2D eigenvalue weighted by atomic mass is 19.1. The third-order valence-electron chi connectivity index (χ3n) is 3.14. The van der Waals surface area contributed by atoms with Crippen LogP contribution < -0.4 is 10.6 Å². The molecule has 1 aromatic rings. The Kier molecular flexibility index (Phi) is 8.21. The number of carbonyl (C=O) groups is 2. The van der Waals surface area contributed by atoms with Gasteiger partial charge in [-0.3, -0.25) is 9.59 Å². The maximum absolute atomic E-state index is 12.8. The van der Waals surface area contributed by atoms with Crippen LogP contribution in [0.4, 0.5) is 10.1 Å². The molecule has 0 fully saturated rings. The van der Waals surface area contributed by atoms with Crippen molar-refractivity contribution in [2.75, 3.05) is 38.7 Å². The SMILES string of the molecule is COCCNCC(=O)N(CC(=O)Nc1ccc(F)cc1)C(C)C. The number of halogens is 1. The van der Waals surface area contributed by atoms with Crippen LogP contribution in [-0.2, 0) is 14.3 Å². The summed E-state index contributed by atoms with van der Waals surface area (Å²) in [5.74, 6) is -0.856. The molecule has 0 aliphatic heterocycles. The van der Waals surface area contributed by atoms with Crippen LogP contribution >= 0.6 is 0 Å². The van der Waals surface area contributed by atoms with Crippen molar-refractivity contribution in [3.05, 3.63) is 30.1 Å². The van der Waals surface area contributed by atoms with Crippen molar-refractivity contribution in [1.29, 1.82) is 0 Å². The molecule has 0 radical (unpaired) electrons. The number of nitrogens with zero attached hydrogens (tertiary/aromatic N) is 1. The summed E-state index contributed by atoms with van der Waals surface area (Å²) in [5.41, 5.74) is 0.491. The zero-order valence-electron chi connectivity index (χ0n) is 13.8. The van der Waals surface area contributed by atoms with Gasteiger partial charge in [0.15, 0.2) is 0 Å². The quantitative estimate of drug-likeness (QED) is 0.670. The normalized spacial score (nSPS) is 10.7. The minimum atomic E-state index is -0.371. The van der Waals surface area contributed by atoms with Gasteiger partial charge in [0, 0.05) is 25.4 Å². The lowest BCUT2D eigenvalue weighted by Gasteiger charge is -2.26.